The number of carbonyl (C=O) groups excluding carboxylic acids is 1. The van der Waals surface area contributed by atoms with E-state index in [-0.39, 0.29) is 18.1 Å². The third-order valence-electron chi connectivity index (χ3n) is 3.70. The van der Waals surface area contributed by atoms with Crippen LogP contribution in [0.3, 0.4) is 0 Å². The fourth-order valence-corrected chi connectivity index (χ4v) is 2.64. The molecule has 1 amide bonds. The van der Waals surface area contributed by atoms with E-state index < -0.39 is 0 Å². The molecule has 20 heavy (non-hydrogen) atoms. The molecule has 4 nitrogen and oxygen atoms in total. The third kappa shape index (κ3) is 2.09. The number of phenolic OH excluding ortho intramolecular Hbond substituents is 1. The predicted octanol–water partition coefficient (Wildman–Crippen LogP) is 2.11. The number of nitrogen functional groups attached to an aromatic ring is 1. The highest BCUT2D eigenvalue weighted by atomic mass is 16.3. The van der Waals surface area contributed by atoms with Gasteiger partial charge >= 0.3 is 0 Å². The Morgan fingerprint density at radius 2 is 2.00 bits per heavy atom. The maximum atomic E-state index is 12.4. The topological polar surface area (TPSA) is 66.6 Å². The van der Waals surface area contributed by atoms with Gasteiger partial charge in [-0.15, -0.1) is 0 Å². The second-order valence-corrected chi connectivity index (χ2v) is 4.95. The summed E-state index contributed by atoms with van der Waals surface area (Å²) in [5, 5.41) is 9.75. The zero-order valence-corrected chi connectivity index (χ0v) is 11.0. The van der Waals surface area contributed by atoms with Gasteiger partial charge in [-0.05, 0) is 24.6 Å². The van der Waals surface area contributed by atoms with Crippen LogP contribution < -0.4 is 10.6 Å². The molecule has 3 rings (SSSR count). The Labute approximate surface area is 117 Å². The van der Waals surface area contributed by atoms with Crippen LogP contribution in [0.2, 0.25) is 0 Å². The van der Waals surface area contributed by atoms with E-state index in [2.05, 4.69) is 0 Å². The molecule has 2 aromatic carbocycles. The van der Waals surface area contributed by atoms with Crippen molar-refractivity contribution < 1.29 is 9.90 Å². The number of nitrogens with zero attached hydrogens (tertiary/aromatic N) is 1. The van der Waals surface area contributed by atoms with Crippen LogP contribution in [0.25, 0.3) is 0 Å². The molecule has 1 heterocycles. The van der Waals surface area contributed by atoms with E-state index in [1.807, 2.05) is 24.3 Å². The van der Waals surface area contributed by atoms with Gasteiger partial charge in [-0.1, -0.05) is 24.3 Å². The summed E-state index contributed by atoms with van der Waals surface area (Å²) in [6, 6.07) is 12.6. The van der Waals surface area contributed by atoms with Crippen LogP contribution in [-0.2, 0) is 17.6 Å². The molecule has 0 saturated carbocycles. The summed E-state index contributed by atoms with van der Waals surface area (Å²) >= 11 is 0. The summed E-state index contributed by atoms with van der Waals surface area (Å²) in [5.74, 6) is 0.142. The van der Waals surface area contributed by atoms with Crippen LogP contribution >= 0.6 is 0 Å². The number of aromatic hydroxyl groups is 1. The molecule has 0 unspecified atom stereocenters. The molecule has 1 aliphatic rings. The molecule has 3 N–H and O–H groups in total. The number of phenols is 1. The van der Waals surface area contributed by atoms with Gasteiger partial charge < -0.3 is 15.7 Å². The van der Waals surface area contributed by atoms with Crippen LogP contribution in [0, 0.1) is 0 Å². The molecule has 102 valence electrons. The highest BCUT2D eigenvalue weighted by Crippen LogP contribution is 2.32. The number of carbonyl (C=O) groups is 1. The van der Waals surface area contributed by atoms with Gasteiger partial charge in [0.2, 0.25) is 5.91 Å². The lowest BCUT2D eigenvalue weighted by atomic mass is 10.1. The summed E-state index contributed by atoms with van der Waals surface area (Å²) in [7, 11) is 0. The minimum absolute atomic E-state index is 0.0177. The van der Waals surface area contributed by atoms with Gasteiger partial charge in [-0.25, -0.2) is 0 Å². The minimum atomic E-state index is -0.0177. The summed E-state index contributed by atoms with van der Waals surface area (Å²) in [6.07, 6.45) is 0.982. The average Bonchev–Trinajstić information content (AvgIpc) is 2.87. The Balaban J connectivity index is 1.84. The number of fused-ring (bicyclic) bond motifs is 1. The number of hydrogen-bond acceptors (Lipinski definition) is 3. The number of benzene rings is 2. The lowest BCUT2D eigenvalue weighted by Gasteiger charge is -2.18. The Kier molecular flexibility index (Phi) is 3.06. The highest BCUT2D eigenvalue weighted by Gasteiger charge is 2.26. The molecule has 0 fully saturated rings. The molecule has 0 aromatic heterocycles. The molecule has 0 atom stereocenters. The smallest absolute Gasteiger partial charge is 0.231 e. The van der Waals surface area contributed by atoms with Gasteiger partial charge in [0.15, 0.2) is 0 Å². The van der Waals surface area contributed by atoms with Crippen LogP contribution in [0.1, 0.15) is 11.1 Å². The fraction of sp³-hybridized carbons (Fsp3) is 0.188. The Morgan fingerprint density at radius 3 is 2.80 bits per heavy atom. The molecule has 4 heteroatoms. The van der Waals surface area contributed by atoms with E-state index in [0.29, 0.717) is 12.1 Å². The first-order chi connectivity index (χ1) is 9.66. The van der Waals surface area contributed by atoms with Crippen molar-refractivity contribution in [3.05, 3.63) is 53.6 Å². The van der Waals surface area contributed by atoms with Crippen LogP contribution in [0.5, 0.6) is 5.75 Å². The summed E-state index contributed by atoms with van der Waals surface area (Å²) in [5.41, 5.74) is 9.25. The van der Waals surface area contributed by atoms with E-state index in [1.54, 1.807) is 23.1 Å². The molecule has 0 aliphatic carbocycles. The van der Waals surface area contributed by atoms with Gasteiger partial charge in [0.1, 0.15) is 5.75 Å². The largest absolute Gasteiger partial charge is 0.508 e. The number of amides is 1. The lowest BCUT2D eigenvalue weighted by Crippen LogP contribution is -2.30. The van der Waals surface area contributed by atoms with Crippen LogP contribution in [-0.4, -0.2) is 17.6 Å². The zero-order valence-electron chi connectivity index (χ0n) is 11.0. The summed E-state index contributed by atoms with van der Waals surface area (Å²) < 4.78 is 0. The molecular weight excluding hydrogens is 252 g/mol. The van der Waals surface area contributed by atoms with Crippen molar-refractivity contribution in [2.24, 2.45) is 0 Å². The lowest BCUT2D eigenvalue weighted by molar-refractivity contribution is -0.117. The fourth-order valence-electron chi connectivity index (χ4n) is 2.64. The second-order valence-electron chi connectivity index (χ2n) is 4.95. The maximum absolute atomic E-state index is 12.4. The third-order valence-corrected chi connectivity index (χ3v) is 3.70. The van der Waals surface area contributed by atoms with Gasteiger partial charge in [0, 0.05) is 29.0 Å². The summed E-state index contributed by atoms with van der Waals surface area (Å²) in [4.78, 5) is 14.2. The van der Waals surface area contributed by atoms with Gasteiger partial charge in [-0.3, -0.25) is 4.79 Å². The maximum Gasteiger partial charge on any atom is 0.231 e. The van der Waals surface area contributed by atoms with Gasteiger partial charge in [0.25, 0.3) is 0 Å². The normalized spacial score (nSPS) is 13.3. The first kappa shape index (κ1) is 12.5. The van der Waals surface area contributed by atoms with Crippen molar-refractivity contribution in [2.45, 2.75) is 12.8 Å². The quantitative estimate of drug-likeness (QED) is 0.820. The molecule has 1 aliphatic heterocycles. The average molecular weight is 268 g/mol. The van der Waals surface area contributed by atoms with E-state index >= 15 is 0 Å². The van der Waals surface area contributed by atoms with Crippen molar-refractivity contribution >= 4 is 17.3 Å². The molecule has 0 bridgehead atoms. The predicted molar refractivity (Wildman–Crippen MR) is 78.7 cm³/mol. The van der Waals surface area contributed by atoms with E-state index in [1.165, 1.54) is 0 Å². The SMILES string of the molecule is Nc1cccc2c1CCN2C(=O)Cc1ccccc1O. The standard InChI is InChI=1S/C16H16N2O2/c17-13-5-3-6-14-12(13)8-9-18(14)16(20)10-11-4-1-2-7-15(11)19/h1-7,19H,8-10,17H2. The monoisotopic (exact) mass is 268 g/mol. The number of anilines is 2. The van der Waals surface area contributed by atoms with Crippen molar-refractivity contribution in [3.8, 4) is 5.75 Å². The van der Waals surface area contributed by atoms with Crippen molar-refractivity contribution in [1.29, 1.82) is 0 Å². The van der Waals surface area contributed by atoms with Gasteiger partial charge in [-0.2, -0.15) is 0 Å². The second kappa shape index (κ2) is 4.89. The molecule has 0 saturated heterocycles. The number of rotatable bonds is 2. The number of nitrogens with two attached hydrogens (primary N) is 1. The Morgan fingerprint density at radius 1 is 1.20 bits per heavy atom. The van der Waals surface area contributed by atoms with Crippen molar-refractivity contribution in [2.75, 3.05) is 17.2 Å². The highest BCUT2D eigenvalue weighted by molar-refractivity contribution is 5.97. The zero-order chi connectivity index (χ0) is 14.1. The molecular formula is C16H16N2O2. The van der Waals surface area contributed by atoms with E-state index in [4.69, 9.17) is 5.73 Å². The molecule has 0 radical (unpaired) electrons. The molecule has 2 aromatic rings. The van der Waals surface area contributed by atoms with E-state index in [9.17, 15) is 9.90 Å². The Hall–Kier alpha value is -2.49. The van der Waals surface area contributed by atoms with Crippen LogP contribution in [0.15, 0.2) is 42.5 Å². The minimum Gasteiger partial charge on any atom is -0.508 e. The molecule has 0 spiro atoms. The number of para-hydroxylation sites is 1. The van der Waals surface area contributed by atoms with Gasteiger partial charge in [0.05, 0.1) is 6.42 Å². The summed E-state index contributed by atoms with van der Waals surface area (Å²) in [6.45, 7) is 0.649. The van der Waals surface area contributed by atoms with Crippen molar-refractivity contribution in [1.82, 2.24) is 0 Å². The first-order valence-corrected chi connectivity index (χ1v) is 6.61. The first-order valence-electron chi connectivity index (χ1n) is 6.61. The van der Waals surface area contributed by atoms with Crippen molar-refractivity contribution in [3.63, 3.8) is 0 Å². The van der Waals surface area contributed by atoms with E-state index in [0.717, 1.165) is 23.4 Å². The van der Waals surface area contributed by atoms with Crippen LogP contribution in [0.4, 0.5) is 11.4 Å². The Bertz CT molecular complexity index is 667. The number of hydrogen-bond donors (Lipinski definition) is 2.